The van der Waals surface area contributed by atoms with E-state index in [1.807, 2.05) is 0 Å². The minimum absolute atomic E-state index is 0. The number of primary amides is 1. The molecule has 106 valence electrons. The van der Waals surface area contributed by atoms with Gasteiger partial charge in [0, 0.05) is 41.5 Å². The molecule has 0 radical (unpaired) electrons. The summed E-state index contributed by atoms with van der Waals surface area (Å²) >= 11 is 0. The summed E-state index contributed by atoms with van der Waals surface area (Å²) in [7, 11) is 0. The Kier molecular flexibility index (Phi) is 79.1. The van der Waals surface area contributed by atoms with Gasteiger partial charge in [0.25, 0.3) is 0 Å². The van der Waals surface area contributed by atoms with Crippen LogP contribution in [-0.2, 0) is 21.7 Å². The maximum Gasteiger partial charge on any atom is 0.312 e. The summed E-state index contributed by atoms with van der Waals surface area (Å²) in [6, 6.07) is -0.483. The maximum absolute atomic E-state index is 9.84. The van der Waals surface area contributed by atoms with Gasteiger partial charge in [0.2, 0.25) is 0 Å². The molecule has 0 spiro atoms. The molecule has 0 fully saturated rings. The molecule has 0 heterocycles. The molecule has 0 aromatic rings. The summed E-state index contributed by atoms with van der Waals surface area (Å²) in [6.45, 7) is 9.84. The second-order valence-corrected chi connectivity index (χ2v) is 2.09. The molecule has 0 aliphatic carbocycles. The molecule has 0 aromatic carbocycles. The Hall–Kier alpha value is -0.136. The van der Waals surface area contributed by atoms with Crippen molar-refractivity contribution in [3.05, 3.63) is 6.92 Å². The van der Waals surface area contributed by atoms with Gasteiger partial charge in [0.05, 0.1) is 0 Å². The molecular formula is C10H27N2O4Ti-. The van der Waals surface area contributed by atoms with Crippen molar-refractivity contribution in [1.29, 1.82) is 0 Å². The first kappa shape index (κ1) is 30.2. The molecule has 0 saturated heterocycles. The average Bonchev–Trinajstić information content (AvgIpc) is 2.18. The van der Waals surface area contributed by atoms with E-state index in [9.17, 15) is 4.79 Å². The van der Waals surface area contributed by atoms with Gasteiger partial charge < -0.3 is 33.3 Å². The van der Waals surface area contributed by atoms with Gasteiger partial charge in [0.1, 0.15) is 0 Å². The van der Waals surface area contributed by atoms with Crippen LogP contribution < -0.4 is 11.1 Å². The fourth-order valence-corrected chi connectivity index (χ4v) is 0.212. The zero-order chi connectivity index (χ0) is 13.8. The van der Waals surface area contributed by atoms with E-state index in [-0.39, 0.29) is 41.5 Å². The molecule has 0 aliphatic rings. The summed E-state index contributed by atoms with van der Waals surface area (Å²) in [5.74, 6) is 0. The number of carbonyl (C=O) groups is 1. The van der Waals surface area contributed by atoms with Crippen molar-refractivity contribution >= 4 is 6.03 Å². The van der Waals surface area contributed by atoms with E-state index in [1.165, 1.54) is 0 Å². The number of amides is 2. The number of urea groups is 1. The maximum atomic E-state index is 9.84. The van der Waals surface area contributed by atoms with Crippen LogP contribution in [0.15, 0.2) is 0 Å². The zero-order valence-corrected chi connectivity index (χ0v) is 12.6. The van der Waals surface area contributed by atoms with Gasteiger partial charge in [-0.3, -0.25) is 0 Å². The second kappa shape index (κ2) is 44.6. The van der Waals surface area contributed by atoms with Crippen molar-refractivity contribution in [2.24, 2.45) is 5.73 Å². The summed E-state index contributed by atoms with van der Waals surface area (Å²) < 4.78 is 0. The summed E-state index contributed by atoms with van der Waals surface area (Å²) in [5.41, 5.74) is 4.70. The van der Waals surface area contributed by atoms with Gasteiger partial charge in [-0.1, -0.05) is 0 Å². The third kappa shape index (κ3) is 204. The Labute approximate surface area is 119 Å². The van der Waals surface area contributed by atoms with Gasteiger partial charge in [-0.15, -0.1) is 0 Å². The number of rotatable bonds is 2. The Morgan fingerprint density at radius 1 is 1.12 bits per heavy atom. The average molecular weight is 287 g/mol. The molecule has 0 aromatic heterocycles. The van der Waals surface area contributed by atoms with Crippen molar-refractivity contribution < 1.29 is 41.8 Å². The molecular weight excluding hydrogens is 260 g/mol. The van der Waals surface area contributed by atoms with E-state index >= 15 is 0 Å². The molecule has 7 heteroatoms. The van der Waals surface area contributed by atoms with Crippen LogP contribution in [0.2, 0.25) is 0 Å². The van der Waals surface area contributed by atoms with Crippen molar-refractivity contribution in [1.82, 2.24) is 5.32 Å². The number of aliphatic hydroxyl groups excluding tert-OH is 3. The molecule has 0 rings (SSSR count). The van der Waals surface area contributed by atoms with E-state index in [2.05, 4.69) is 12.2 Å². The van der Waals surface area contributed by atoms with Crippen LogP contribution in [-0.4, -0.2) is 47.7 Å². The summed E-state index contributed by atoms with van der Waals surface area (Å²) in [5, 5.41) is 25.1. The second-order valence-electron chi connectivity index (χ2n) is 2.09. The Balaban J connectivity index is -0.0000000411. The van der Waals surface area contributed by atoms with Gasteiger partial charge in [0.15, 0.2) is 0 Å². The fraction of sp³-hybridized carbons (Fsp3) is 0.800. The number of hydrogen-bond donors (Lipinski definition) is 5. The molecule has 17 heavy (non-hydrogen) atoms. The number of nitrogens with two attached hydrogens (primary N) is 1. The van der Waals surface area contributed by atoms with Crippen molar-refractivity contribution in [2.75, 3.05) is 26.4 Å². The van der Waals surface area contributed by atoms with E-state index in [0.717, 1.165) is 0 Å². The van der Waals surface area contributed by atoms with Crippen LogP contribution in [0.3, 0.4) is 0 Å². The Bertz CT molecular complexity index is 104. The van der Waals surface area contributed by atoms with Gasteiger partial charge in [-0.25, -0.2) is 4.79 Å². The van der Waals surface area contributed by atoms with Crippen LogP contribution in [0.25, 0.3) is 0 Å². The Morgan fingerprint density at radius 2 is 1.35 bits per heavy atom. The largest absolute Gasteiger partial charge is 0.397 e. The summed E-state index contributed by atoms with van der Waals surface area (Å²) in [4.78, 5) is 9.84. The number of nitrogens with one attached hydrogen (secondary N) is 1. The summed E-state index contributed by atoms with van der Waals surface area (Å²) in [6.07, 6.45) is 0.683. The van der Waals surface area contributed by atoms with Crippen LogP contribution in [0.4, 0.5) is 4.79 Å². The van der Waals surface area contributed by atoms with Crippen molar-refractivity contribution in [2.45, 2.75) is 27.2 Å². The van der Waals surface area contributed by atoms with E-state index in [4.69, 9.17) is 21.1 Å². The normalized spacial score (nSPS) is 6.53. The number of hydrogen-bond acceptors (Lipinski definition) is 4. The smallest absolute Gasteiger partial charge is 0.312 e. The first-order valence-electron chi connectivity index (χ1n) is 5.17. The minimum atomic E-state index is -0.483. The quantitative estimate of drug-likeness (QED) is 0.359. The first-order chi connectivity index (χ1) is 7.51. The van der Waals surface area contributed by atoms with Crippen LogP contribution in [0.1, 0.15) is 27.2 Å². The molecule has 0 unspecified atom stereocenters. The number of carbonyl (C=O) groups excluding carboxylic acids is 1. The number of aliphatic hydroxyl groups is 3. The first-order valence-corrected chi connectivity index (χ1v) is 5.17. The SMILES string of the molecule is CCO.CCO.CCO.[CH2-]CCNC(N)=O.[Ti]. The van der Waals surface area contributed by atoms with Gasteiger partial charge >= 0.3 is 6.03 Å². The van der Waals surface area contributed by atoms with E-state index in [0.29, 0.717) is 13.0 Å². The van der Waals surface area contributed by atoms with Crippen LogP contribution >= 0.6 is 0 Å². The van der Waals surface area contributed by atoms with Gasteiger partial charge in [-0.2, -0.15) is 6.42 Å². The predicted molar refractivity (Wildman–Crippen MR) is 65.8 cm³/mol. The molecule has 0 saturated carbocycles. The van der Waals surface area contributed by atoms with Crippen LogP contribution in [0, 0.1) is 6.92 Å². The van der Waals surface area contributed by atoms with E-state index in [1.54, 1.807) is 20.8 Å². The fourth-order valence-electron chi connectivity index (χ4n) is 0.212. The minimum Gasteiger partial charge on any atom is -0.397 e. The topological polar surface area (TPSA) is 116 Å². The zero-order valence-electron chi connectivity index (χ0n) is 11.1. The Morgan fingerprint density at radius 3 is 1.41 bits per heavy atom. The van der Waals surface area contributed by atoms with E-state index < -0.39 is 6.03 Å². The molecule has 0 atom stereocenters. The molecule has 0 aliphatic heterocycles. The van der Waals surface area contributed by atoms with Crippen molar-refractivity contribution in [3.8, 4) is 0 Å². The predicted octanol–water partition coefficient (Wildman–Crippen LogP) is -0.128. The molecule has 6 N–H and O–H groups in total. The molecule has 2 amide bonds. The third-order valence-corrected chi connectivity index (χ3v) is 0.476. The molecule has 6 nitrogen and oxygen atoms in total. The van der Waals surface area contributed by atoms with Crippen molar-refractivity contribution in [3.63, 3.8) is 0 Å². The van der Waals surface area contributed by atoms with Crippen LogP contribution in [0.5, 0.6) is 0 Å². The molecule has 0 bridgehead atoms. The standard InChI is InChI=1S/C4H9N2O.3C2H6O.Ti/c1-2-3-6-4(5)7;3*1-2-3;/h1-3H2,(H3,5,6,7);3*3H,2H2,1H3;/q-1;;;;. The van der Waals surface area contributed by atoms with Gasteiger partial charge in [-0.05, 0) is 27.3 Å². The third-order valence-electron chi connectivity index (χ3n) is 0.476. The monoisotopic (exact) mass is 287 g/mol.